The van der Waals surface area contributed by atoms with Gasteiger partial charge in [0.1, 0.15) is 19.3 Å². The topological polar surface area (TPSA) is 237 Å². The van der Waals surface area contributed by atoms with Crippen LogP contribution in [-0.4, -0.2) is 96.7 Å². The van der Waals surface area contributed by atoms with Crippen LogP contribution in [0, 0.1) is 5.92 Å². The van der Waals surface area contributed by atoms with Crippen LogP contribution in [-0.2, 0) is 65.4 Å². The number of rotatable bonds is 72. The molecular formula is C72H140O17P2. The quantitative estimate of drug-likeness (QED) is 0.0222. The van der Waals surface area contributed by atoms with E-state index in [0.717, 1.165) is 95.8 Å². The van der Waals surface area contributed by atoms with Crippen molar-refractivity contribution in [2.45, 2.75) is 393 Å². The zero-order chi connectivity index (χ0) is 67.0. The Bertz CT molecular complexity index is 1750. The molecule has 3 N–H and O–H groups in total. The highest BCUT2D eigenvalue weighted by Gasteiger charge is 2.30. The fourth-order valence-electron chi connectivity index (χ4n) is 11.0. The van der Waals surface area contributed by atoms with Gasteiger partial charge in [-0.05, 0) is 31.6 Å². The first-order valence-corrected chi connectivity index (χ1v) is 40.6. The van der Waals surface area contributed by atoms with E-state index in [1.807, 2.05) is 0 Å². The van der Waals surface area contributed by atoms with Crippen LogP contribution >= 0.6 is 15.6 Å². The molecule has 2 unspecified atom stereocenters. The monoisotopic (exact) mass is 1340 g/mol. The third-order valence-corrected chi connectivity index (χ3v) is 18.7. The van der Waals surface area contributed by atoms with E-state index in [0.29, 0.717) is 25.7 Å². The lowest BCUT2D eigenvalue weighted by Gasteiger charge is -2.21. The maximum absolute atomic E-state index is 13.0. The van der Waals surface area contributed by atoms with E-state index in [4.69, 9.17) is 37.0 Å². The van der Waals surface area contributed by atoms with Crippen LogP contribution in [0.15, 0.2) is 0 Å². The highest BCUT2D eigenvalue weighted by Crippen LogP contribution is 2.45. The molecule has 5 atom stereocenters. The minimum atomic E-state index is -4.95. The number of aliphatic hydroxyl groups excluding tert-OH is 1. The van der Waals surface area contributed by atoms with Crippen LogP contribution in [0.25, 0.3) is 0 Å². The first-order valence-electron chi connectivity index (χ1n) is 37.6. The van der Waals surface area contributed by atoms with Gasteiger partial charge < -0.3 is 33.8 Å². The lowest BCUT2D eigenvalue weighted by Crippen LogP contribution is -2.30. The van der Waals surface area contributed by atoms with E-state index in [1.165, 1.54) is 199 Å². The average molecular weight is 1340 g/mol. The third-order valence-electron chi connectivity index (χ3n) is 16.8. The Morgan fingerprint density at radius 1 is 0.297 bits per heavy atom. The molecular weight excluding hydrogens is 1200 g/mol. The van der Waals surface area contributed by atoms with Crippen LogP contribution in [0.3, 0.4) is 0 Å². The molecule has 0 bridgehead atoms. The molecule has 540 valence electrons. The summed E-state index contributed by atoms with van der Waals surface area (Å²) in [5.41, 5.74) is 0. The second-order valence-electron chi connectivity index (χ2n) is 26.5. The van der Waals surface area contributed by atoms with Crippen molar-refractivity contribution >= 4 is 39.5 Å². The van der Waals surface area contributed by atoms with Crippen molar-refractivity contribution in [1.29, 1.82) is 0 Å². The van der Waals surface area contributed by atoms with Crippen molar-refractivity contribution in [3.05, 3.63) is 0 Å². The number of carbonyl (C=O) groups is 4. The van der Waals surface area contributed by atoms with Crippen molar-refractivity contribution in [2.24, 2.45) is 5.92 Å². The first-order chi connectivity index (χ1) is 44.0. The smallest absolute Gasteiger partial charge is 0.462 e. The standard InChI is InChI=1S/C72H140O17P2/c1-6-9-12-15-18-21-24-25-26-27-28-29-32-37-43-48-53-58-72(77)89-68(62-83-70(75)56-51-46-41-38-33-34-39-44-49-54-65(4)5)64-87-91(80,81)85-60-66(73)59-84-90(78,79)86-63-67(88-71(76)57-52-47-42-36-31-23-20-17-14-11-8-3)61-82-69(74)55-50-45-40-35-30-22-19-16-13-10-7-2/h65-68,73H,6-64H2,1-5H3,(H,78,79)(H,80,81)/t66-,67+,68+/m0/s1. The number of hydrogen-bond donors (Lipinski definition) is 3. The molecule has 0 aromatic carbocycles. The number of unbranched alkanes of at least 4 members (excludes halogenated alkanes) is 44. The summed E-state index contributed by atoms with van der Waals surface area (Å²) in [5.74, 6) is -1.37. The van der Waals surface area contributed by atoms with E-state index >= 15 is 0 Å². The van der Waals surface area contributed by atoms with Gasteiger partial charge in [0.05, 0.1) is 26.4 Å². The molecule has 0 radical (unpaired) electrons. The van der Waals surface area contributed by atoms with Gasteiger partial charge in [-0.25, -0.2) is 9.13 Å². The number of carbonyl (C=O) groups excluding carboxylic acids is 4. The van der Waals surface area contributed by atoms with Gasteiger partial charge in [-0.1, -0.05) is 324 Å². The van der Waals surface area contributed by atoms with E-state index in [2.05, 4.69) is 34.6 Å². The molecule has 0 saturated heterocycles. The Morgan fingerprint density at radius 3 is 0.747 bits per heavy atom. The van der Waals surface area contributed by atoms with Crippen molar-refractivity contribution in [1.82, 2.24) is 0 Å². The molecule has 0 rings (SSSR count). The molecule has 0 aromatic rings. The van der Waals surface area contributed by atoms with Gasteiger partial charge >= 0.3 is 39.5 Å². The predicted octanol–water partition coefficient (Wildman–Crippen LogP) is 20.9. The lowest BCUT2D eigenvalue weighted by atomic mass is 10.0. The van der Waals surface area contributed by atoms with Gasteiger partial charge in [0.2, 0.25) is 0 Å². The molecule has 0 aliphatic carbocycles. The van der Waals surface area contributed by atoms with Gasteiger partial charge in [-0.15, -0.1) is 0 Å². The van der Waals surface area contributed by atoms with Crippen molar-refractivity contribution in [2.75, 3.05) is 39.6 Å². The highest BCUT2D eigenvalue weighted by atomic mass is 31.2. The summed E-state index contributed by atoms with van der Waals surface area (Å²) in [6, 6.07) is 0. The van der Waals surface area contributed by atoms with Crippen LogP contribution in [0.5, 0.6) is 0 Å². The summed E-state index contributed by atoms with van der Waals surface area (Å²) >= 11 is 0. The van der Waals surface area contributed by atoms with Crippen molar-refractivity contribution in [3.8, 4) is 0 Å². The Morgan fingerprint density at radius 2 is 0.505 bits per heavy atom. The highest BCUT2D eigenvalue weighted by molar-refractivity contribution is 7.47. The van der Waals surface area contributed by atoms with Gasteiger partial charge in [0.25, 0.3) is 0 Å². The molecule has 0 aromatic heterocycles. The minimum absolute atomic E-state index is 0.107. The molecule has 0 saturated carbocycles. The average Bonchev–Trinajstić information content (AvgIpc) is 3.09. The summed E-state index contributed by atoms with van der Waals surface area (Å²) in [6.45, 7) is 7.24. The van der Waals surface area contributed by atoms with Gasteiger partial charge in [0.15, 0.2) is 12.2 Å². The SMILES string of the molecule is CCCCCCCCCCCCCCCCCCCC(=O)O[C@H](COC(=O)CCCCCCCCCCCC(C)C)COP(=O)(O)OC[C@@H](O)COP(=O)(O)OC[C@@H](COC(=O)CCCCCCCCCCCCC)OC(=O)CCCCCCCCCCCCC. The summed E-state index contributed by atoms with van der Waals surface area (Å²) in [5, 5.41) is 10.6. The van der Waals surface area contributed by atoms with Crippen LogP contribution in [0.4, 0.5) is 0 Å². The molecule has 0 heterocycles. The van der Waals surface area contributed by atoms with E-state index in [-0.39, 0.29) is 25.7 Å². The Balaban J connectivity index is 5.23. The maximum atomic E-state index is 13.0. The second-order valence-corrected chi connectivity index (χ2v) is 29.4. The maximum Gasteiger partial charge on any atom is 0.472 e. The van der Waals surface area contributed by atoms with Crippen LogP contribution < -0.4 is 0 Å². The Labute approximate surface area is 556 Å². The van der Waals surface area contributed by atoms with E-state index in [9.17, 15) is 43.2 Å². The first kappa shape index (κ1) is 89.1. The molecule has 91 heavy (non-hydrogen) atoms. The molecule has 0 spiro atoms. The van der Waals surface area contributed by atoms with Gasteiger partial charge in [0, 0.05) is 25.7 Å². The number of hydrogen-bond acceptors (Lipinski definition) is 15. The molecule has 0 fully saturated rings. The number of esters is 4. The summed E-state index contributed by atoms with van der Waals surface area (Å²) in [6.07, 6.45) is 52.6. The number of phosphoric ester groups is 2. The number of ether oxygens (including phenoxy) is 4. The van der Waals surface area contributed by atoms with Crippen LogP contribution in [0.1, 0.15) is 375 Å². The van der Waals surface area contributed by atoms with Crippen molar-refractivity contribution in [3.63, 3.8) is 0 Å². The number of aliphatic hydroxyl groups is 1. The molecule has 0 aliphatic rings. The zero-order valence-electron chi connectivity index (χ0n) is 59.0. The Hall–Kier alpha value is -1.94. The summed E-state index contributed by atoms with van der Waals surface area (Å²) < 4.78 is 68.4. The minimum Gasteiger partial charge on any atom is -0.462 e. The van der Waals surface area contributed by atoms with Crippen LogP contribution in [0.2, 0.25) is 0 Å². The normalized spacial score (nSPS) is 14.0. The molecule has 0 aliphatic heterocycles. The predicted molar refractivity (Wildman–Crippen MR) is 368 cm³/mol. The largest absolute Gasteiger partial charge is 0.472 e. The third kappa shape index (κ3) is 66.5. The zero-order valence-corrected chi connectivity index (χ0v) is 60.8. The molecule has 19 heteroatoms. The molecule has 17 nitrogen and oxygen atoms in total. The summed E-state index contributed by atoms with van der Waals surface area (Å²) in [7, 11) is -9.90. The Kier molecular flexibility index (Phi) is 64.0. The second kappa shape index (κ2) is 65.4. The molecule has 0 amide bonds. The summed E-state index contributed by atoms with van der Waals surface area (Å²) in [4.78, 5) is 72.6. The fourth-order valence-corrected chi connectivity index (χ4v) is 12.6. The van der Waals surface area contributed by atoms with Gasteiger partial charge in [-0.3, -0.25) is 37.3 Å². The fraction of sp³-hybridized carbons (Fsp3) is 0.944. The number of phosphoric acid groups is 2. The van der Waals surface area contributed by atoms with E-state index < -0.39 is 97.5 Å². The van der Waals surface area contributed by atoms with Crippen molar-refractivity contribution < 1.29 is 80.2 Å². The lowest BCUT2D eigenvalue weighted by molar-refractivity contribution is -0.161. The van der Waals surface area contributed by atoms with Gasteiger partial charge in [-0.2, -0.15) is 0 Å². The van der Waals surface area contributed by atoms with E-state index in [1.54, 1.807) is 0 Å².